The van der Waals surface area contributed by atoms with Gasteiger partial charge in [-0.1, -0.05) is 54.1 Å². The summed E-state index contributed by atoms with van der Waals surface area (Å²) in [5.41, 5.74) is 9.29. The Bertz CT molecular complexity index is 1610. The van der Waals surface area contributed by atoms with Crippen LogP contribution >= 0.6 is 11.6 Å². The number of fused-ring (bicyclic) bond motifs is 1. The quantitative estimate of drug-likeness (QED) is 0.190. The molecule has 40 heavy (non-hydrogen) atoms. The zero-order valence-electron chi connectivity index (χ0n) is 21.6. The van der Waals surface area contributed by atoms with Gasteiger partial charge in [-0.25, -0.2) is 4.79 Å². The molecule has 4 aromatic carbocycles. The van der Waals surface area contributed by atoms with Crippen molar-refractivity contribution >= 4 is 17.6 Å². The highest BCUT2D eigenvalue weighted by atomic mass is 35.5. The second-order valence-electron chi connectivity index (χ2n) is 8.93. The summed E-state index contributed by atoms with van der Waals surface area (Å²) in [5.74, 6) is 0.730. The van der Waals surface area contributed by atoms with Gasteiger partial charge >= 0.3 is 5.97 Å². The molecule has 0 fully saturated rings. The van der Waals surface area contributed by atoms with Crippen LogP contribution < -0.4 is 24.7 Å². The van der Waals surface area contributed by atoms with Crippen molar-refractivity contribution < 1.29 is 23.7 Å². The Morgan fingerprint density at radius 1 is 0.975 bits per heavy atom. The lowest BCUT2D eigenvalue weighted by Crippen LogP contribution is -2.21. The molecule has 0 amide bonds. The zero-order chi connectivity index (χ0) is 28.1. The number of benzene rings is 4. The first-order valence-electron chi connectivity index (χ1n) is 12.6. The lowest BCUT2D eigenvalue weighted by molar-refractivity contribution is 0.0734. The number of rotatable bonds is 8. The highest BCUT2D eigenvalue weighted by Crippen LogP contribution is 2.45. The number of ether oxygens (including phenoxy) is 4. The summed E-state index contributed by atoms with van der Waals surface area (Å²) in [6.45, 7) is 2.64. The number of nitrogens with zero attached hydrogens (tertiary/aromatic N) is 1. The van der Waals surface area contributed by atoms with E-state index in [4.69, 9.17) is 36.3 Å². The Hall–Kier alpha value is -4.93. The van der Waals surface area contributed by atoms with Gasteiger partial charge in [0.15, 0.2) is 11.5 Å². The third-order valence-electron chi connectivity index (χ3n) is 6.32. The SMILES string of the molecule is CCOc1cc(C2C(C#N)=C(N)Oc3cc(OC(=O)c4ccccc4)ccc32)ccc1OCc1ccc(Cl)cc1. The van der Waals surface area contributed by atoms with Crippen molar-refractivity contribution in [3.8, 4) is 29.1 Å². The maximum atomic E-state index is 12.5. The first-order chi connectivity index (χ1) is 19.5. The van der Waals surface area contributed by atoms with Gasteiger partial charge in [-0.2, -0.15) is 5.26 Å². The molecule has 0 saturated heterocycles. The second-order valence-corrected chi connectivity index (χ2v) is 9.37. The zero-order valence-corrected chi connectivity index (χ0v) is 22.4. The molecule has 1 heterocycles. The fourth-order valence-electron chi connectivity index (χ4n) is 4.42. The minimum atomic E-state index is -0.530. The number of allylic oxidation sites excluding steroid dienone is 1. The number of hydrogen-bond acceptors (Lipinski definition) is 7. The molecule has 8 heteroatoms. The smallest absolute Gasteiger partial charge is 0.343 e. The van der Waals surface area contributed by atoms with Gasteiger partial charge in [0.1, 0.15) is 29.7 Å². The van der Waals surface area contributed by atoms with E-state index in [1.54, 1.807) is 42.5 Å². The van der Waals surface area contributed by atoms with Crippen molar-refractivity contribution in [2.24, 2.45) is 5.73 Å². The number of carbonyl (C=O) groups excluding carboxylic acids is 1. The molecular formula is C32H25ClN2O5. The molecule has 1 aliphatic heterocycles. The molecule has 1 atom stereocenters. The van der Waals surface area contributed by atoms with Crippen LogP contribution in [0.4, 0.5) is 0 Å². The van der Waals surface area contributed by atoms with Gasteiger partial charge in [-0.15, -0.1) is 0 Å². The molecule has 0 saturated carbocycles. The molecule has 7 nitrogen and oxygen atoms in total. The Morgan fingerprint density at radius 2 is 1.75 bits per heavy atom. The number of carbonyl (C=O) groups is 1. The summed E-state index contributed by atoms with van der Waals surface area (Å²) in [6.07, 6.45) is 0. The Balaban J connectivity index is 1.45. The van der Waals surface area contributed by atoms with Crippen LogP contribution in [0.3, 0.4) is 0 Å². The first-order valence-corrected chi connectivity index (χ1v) is 13.0. The van der Waals surface area contributed by atoms with E-state index in [2.05, 4.69) is 6.07 Å². The molecule has 2 N–H and O–H groups in total. The predicted molar refractivity (Wildman–Crippen MR) is 151 cm³/mol. The van der Waals surface area contributed by atoms with Crippen molar-refractivity contribution in [3.05, 3.63) is 130 Å². The normalized spacial score (nSPS) is 14.0. The second kappa shape index (κ2) is 11.9. The molecule has 1 aliphatic rings. The standard InChI is InChI=1S/C32H25ClN2O5/c1-2-37-29-16-22(10-15-27(29)38-19-20-8-11-23(33)12-9-20)30-25-14-13-24(17-28(25)40-31(35)26(30)18-34)39-32(36)21-6-4-3-5-7-21/h3-17,30H,2,19,35H2,1H3. The van der Waals surface area contributed by atoms with Crippen LogP contribution in [-0.4, -0.2) is 12.6 Å². The molecule has 200 valence electrons. The van der Waals surface area contributed by atoms with Crippen LogP contribution in [-0.2, 0) is 6.61 Å². The predicted octanol–water partition coefficient (Wildman–Crippen LogP) is 6.76. The maximum Gasteiger partial charge on any atom is 0.343 e. The van der Waals surface area contributed by atoms with E-state index in [1.807, 2.05) is 55.5 Å². The van der Waals surface area contributed by atoms with Crippen molar-refractivity contribution in [1.82, 2.24) is 0 Å². The molecule has 0 aliphatic carbocycles. The van der Waals surface area contributed by atoms with E-state index in [1.165, 1.54) is 0 Å². The minimum Gasteiger partial charge on any atom is -0.490 e. The summed E-state index contributed by atoms with van der Waals surface area (Å²) in [7, 11) is 0. The highest BCUT2D eigenvalue weighted by molar-refractivity contribution is 6.30. The van der Waals surface area contributed by atoms with E-state index in [-0.39, 0.29) is 11.5 Å². The fourth-order valence-corrected chi connectivity index (χ4v) is 4.54. The molecule has 4 aromatic rings. The van der Waals surface area contributed by atoms with E-state index < -0.39 is 11.9 Å². The Labute approximate surface area is 236 Å². The third-order valence-corrected chi connectivity index (χ3v) is 6.57. The number of nitriles is 1. The third kappa shape index (κ3) is 5.73. The van der Waals surface area contributed by atoms with Gasteiger partial charge in [0.05, 0.1) is 18.1 Å². The summed E-state index contributed by atoms with van der Waals surface area (Å²) in [5, 5.41) is 10.6. The van der Waals surface area contributed by atoms with Crippen LogP contribution in [0.25, 0.3) is 0 Å². The lowest BCUT2D eigenvalue weighted by Gasteiger charge is -2.27. The maximum absolute atomic E-state index is 12.5. The van der Waals surface area contributed by atoms with Crippen LogP contribution in [0.15, 0.2) is 102 Å². The summed E-state index contributed by atoms with van der Waals surface area (Å²) < 4.78 is 23.3. The van der Waals surface area contributed by atoms with E-state index in [0.717, 1.165) is 11.1 Å². The largest absolute Gasteiger partial charge is 0.490 e. The molecule has 0 spiro atoms. The number of nitrogens with two attached hydrogens (primary N) is 1. The van der Waals surface area contributed by atoms with E-state index >= 15 is 0 Å². The Morgan fingerprint density at radius 3 is 2.48 bits per heavy atom. The van der Waals surface area contributed by atoms with Crippen molar-refractivity contribution in [1.29, 1.82) is 5.26 Å². The molecule has 0 bridgehead atoms. The summed E-state index contributed by atoms with van der Waals surface area (Å²) >= 11 is 5.99. The van der Waals surface area contributed by atoms with E-state index in [0.29, 0.717) is 52.4 Å². The molecule has 5 rings (SSSR count). The number of esters is 1. The average Bonchev–Trinajstić information content (AvgIpc) is 2.97. The monoisotopic (exact) mass is 552 g/mol. The summed E-state index contributed by atoms with van der Waals surface area (Å²) in [6, 6.07) is 28.8. The number of hydrogen-bond donors (Lipinski definition) is 1. The van der Waals surface area contributed by atoms with Gasteiger partial charge in [0.2, 0.25) is 5.88 Å². The minimum absolute atomic E-state index is 0.0208. The lowest BCUT2D eigenvalue weighted by atomic mass is 9.83. The van der Waals surface area contributed by atoms with Crippen molar-refractivity contribution in [3.63, 3.8) is 0 Å². The average molecular weight is 553 g/mol. The van der Waals surface area contributed by atoms with Crippen molar-refractivity contribution in [2.75, 3.05) is 6.61 Å². The van der Waals surface area contributed by atoms with Crippen LogP contribution in [0, 0.1) is 11.3 Å². The van der Waals surface area contributed by atoms with E-state index in [9.17, 15) is 10.1 Å². The molecule has 0 aromatic heterocycles. The van der Waals surface area contributed by atoms with Gasteiger partial charge < -0.3 is 24.7 Å². The molecule has 1 unspecified atom stereocenters. The number of halogens is 1. The van der Waals surface area contributed by atoms with Crippen molar-refractivity contribution in [2.45, 2.75) is 19.4 Å². The first kappa shape index (κ1) is 26.7. The van der Waals surface area contributed by atoms with Gasteiger partial charge in [-0.3, -0.25) is 0 Å². The molecule has 0 radical (unpaired) electrons. The highest BCUT2D eigenvalue weighted by Gasteiger charge is 2.32. The van der Waals surface area contributed by atoms with Crippen LogP contribution in [0.2, 0.25) is 5.02 Å². The van der Waals surface area contributed by atoms with Gasteiger partial charge in [-0.05, 0) is 60.5 Å². The molecular weight excluding hydrogens is 528 g/mol. The van der Waals surface area contributed by atoms with Crippen LogP contribution in [0.5, 0.6) is 23.0 Å². The summed E-state index contributed by atoms with van der Waals surface area (Å²) in [4.78, 5) is 12.5. The van der Waals surface area contributed by atoms with Gasteiger partial charge in [0.25, 0.3) is 0 Å². The van der Waals surface area contributed by atoms with Gasteiger partial charge in [0, 0.05) is 16.7 Å². The Kier molecular flexibility index (Phi) is 7.90. The topological polar surface area (TPSA) is 104 Å². The fraction of sp³-hybridized carbons (Fsp3) is 0.125. The van der Waals surface area contributed by atoms with Crippen LogP contribution in [0.1, 0.15) is 39.9 Å².